The van der Waals surface area contributed by atoms with Crippen LogP contribution < -0.4 is 36.0 Å². The Morgan fingerprint density at radius 1 is 0.419 bits per heavy atom. The van der Waals surface area contributed by atoms with Gasteiger partial charge in [0.2, 0.25) is 17.3 Å². The van der Waals surface area contributed by atoms with Gasteiger partial charge in [0, 0.05) is 92.7 Å². The van der Waals surface area contributed by atoms with Crippen molar-refractivity contribution in [3.63, 3.8) is 0 Å². The van der Waals surface area contributed by atoms with Crippen molar-refractivity contribution in [1.82, 2.24) is 30.1 Å². The van der Waals surface area contributed by atoms with Crippen LogP contribution in [0.2, 0.25) is 0 Å². The molecule has 656 valence electrons. The number of anilines is 6. The SMILES string of the molecule is CC1CCCN(c2nc(C(F)(F)F)c(C(=O)Nc3ccc(-c4ccc(C(=O)N5CCC[C@H]5C(=O)O)cc4)cc3)o2)C1.CCOC(=O)CCNC(=O)c1ccc(-c2ccc(NC(=O)c3oc(N4CCCC(C)C4)nc3C(F)(F)F)cc2)cc1.COC(=O)[C@@H]1CCCN1C(=O)c1ccc(-c2ccc(NC(=O)c3oc(N4CCCC(C)C4)nc3C(F)(F)F)cc2)cc1. The molecule has 6 aromatic carbocycles. The average Bonchev–Trinajstić information content (AvgIpc) is 1.65. The van der Waals surface area contributed by atoms with Crippen LogP contribution in [0.25, 0.3) is 33.4 Å². The van der Waals surface area contributed by atoms with Gasteiger partial charge in [-0.2, -0.15) is 54.5 Å². The maximum atomic E-state index is 13.7. The van der Waals surface area contributed by atoms with E-state index in [4.69, 9.17) is 22.7 Å². The first kappa shape index (κ1) is 90.2. The third-order valence-corrected chi connectivity index (χ3v) is 21.6. The zero-order chi connectivity index (χ0) is 88.9. The summed E-state index contributed by atoms with van der Waals surface area (Å²) in [6.45, 7) is 12.0. The molecule has 14 rings (SSSR count). The molecule has 0 bridgehead atoms. The summed E-state index contributed by atoms with van der Waals surface area (Å²) in [6.07, 6.45) is -6.89. The normalized spacial score (nSPS) is 17.9. The number of aromatic nitrogens is 3. The van der Waals surface area contributed by atoms with Gasteiger partial charge >= 0.3 is 36.4 Å². The zero-order valence-corrected chi connectivity index (χ0v) is 68.2. The number of hydrogen-bond acceptors (Lipinski definition) is 20. The number of ether oxygens (including phenoxy) is 2. The van der Waals surface area contributed by atoms with E-state index in [-0.39, 0.29) is 96.1 Å². The van der Waals surface area contributed by atoms with Crippen molar-refractivity contribution < 1.29 is 110 Å². The lowest BCUT2D eigenvalue weighted by molar-refractivity contribution is -0.145. The van der Waals surface area contributed by atoms with Gasteiger partial charge in [-0.25, -0.2) is 9.59 Å². The minimum atomic E-state index is -4.86. The number of carboxylic acids is 1. The van der Waals surface area contributed by atoms with Crippen LogP contribution in [0.3, 0.4) is 0 Å². The minimum Gasteiger partial charge on any atom is -0.480 e. The molecule has 124 heavy (non-hydrogen) atoms. The second-order valence-corrected chi connectivity index (χ2v) is 30.9. The van der Waals surface area contributed by atoms with Gasteiger partial charge in [-0.3, -0.25) is 33.6 Å². The Hall–Kier alpha value is -13.1. The Morgan fingerprint density at radius 2 is 0.718 bits per heavy atom. The van der Waals surface area contributed by atoms with E-state index in [9.17, 15) is 87.8 Å². The highest BCUT2D eigenvalue weighted by atomic mass is 19.4. The van der Waals surface area contributed by atoms with Crippen LogP contribution in [0, 0.1) is 17.8 Å². The summed E-state index contributed by atoms with van der Waals surface area (Å²) in [7, 11) is 1.30. The maximum Gasteiger partial charge on any atom is 0.437 e. The van der Waals surface area contributed by atoms with E-state index in [1.54, 1.807) is 167 Å². The van der Waals surface area contributed by atoms with Crippen LogP contribution in [0.1, 0.15) is 178 Å². The van der Waals surface area contributed by atoms with Crippen LogP contribution >= 0.6 is 0 Å². The number of rotatable bonds is 21. The summed E-state index contributed by atoms with van der Waals surface area (Å²) >= 11 is 0. The van der Waals surface area contributed by atoms with Crippen molar-refractivity contribution in [3.8, 4) is 33.4 Å². The fourth-order valence-electron chi connectivity index (χ4n) is 15.3. The average molecular weight is 1730 g/mol. The van der Waals surface area contributed by atoms with E-state index in [2.05, 4.69) is 36.2 Å². The van der Waals surface area contributed by atoms with Crippen molar-refractivity contribution in [2.24, 2.45) is 17.8 Å². The standard InChI is InChI=1S/C30H31F3N4O5.C29H29F3N4O5.C29H31F3N4O5/c1-18-5-3-15-36(17-18)29-35-25(30(31,32)33)24(42-29)26(38)34-22-13-11-20(12-14-22)19-7-9-21(10-8-19)27(39)37-16-4-6-23(37)28(40)41-2;1-17-4-2-14-35(16-17)28-34-24(29(30,31)32)23(41-28)25(37)33-21-12-10-19(11-13-21)18-6-8-20(9-7-18)26(38)36-15-3-5-22(36)27(39)40;1-3-40-23(37)14-15-33-26(38)21-8-6-19(7-9-21)20-10-12-22(13-11-20)34-27(39)24-25(29(30,31)32)35-28(41-24)36-16-4-5-18(2)17-36/h7-14,18,23H,3-6,15-17H2,1-2H3,(H,34,38);6-13,17,22H,2-5,14-16H2,1H3,(H,33,37)(H,39,40);6-13,18H,3-5,14-17H2,1-2H3,(H,33,38)(H,34,39)/t18?,23-;17?,22-;/m00./s1. The number of oxazole rings is 3. The molecule has 36 heteroatoms. The van der Waals surface area contributed by atoms with Crippen molar-refractivity contribution in [1.29, 1.82) is 0 Å². The second kappa shape index (κ2) is 39.4. The lowest BCUT2D eigenvalue weighted by Gasteiger charge is -2.29. The van der Waals surface area contributed by atoms with Gasteiger partial charge in [0.05, 0.1) is 20.1 Å². The third kappa shape index (κ3) is 22.4. The lowest BCUT2D eigenvalue weighted by Crippen LogP contribution is -2.41. The number of carbonyl (C=O) groups is 9. The topological polar surface area (TPSA) is 335 Å². The molecule has 5 atom stereocenters. The first-order valence-electron chi connectivity index (χ1n) is 40.5. The quantitative estimate of drug-likeness (QED) is 0.0329. The minimum absolute atomic E-state index is 0.0768. The molecule has 5 aliphatic heterocycles. The van der Waals surface area contributed by atoms with E-state index >= 15 is 0 Å². The highest BCUT2D eigenvalue weighted by Gasteiger charge is 2.46. The van der Waals surface area contributed by atoms with Crippen molar-refractivity contribution in [2.45, 2.75) is 129 Å². The van der Waals surface area contributed by atoms with E-state index < -0.39 is 94.6 Å². The van der Waals surface area contributed by atoms with Crippen molar-refractivity contribution in [3.05, 3.63) is 197 Å². The molecule has 0 radical (unpaired) electrons. The van der Waals surface area contributed by atoms with Gasteiger partial charge in [-0.1, -0.05) is 93.6 Å². The van der Waals surface area contributed by atoms with Crippen molar-refractivity contribution >= 4 is 88.5 Å². The van der Waals surface area contributed by atoms with E-state index in [1.165, 1.54) is 16.9 Å². The summed E-state index contributed by atoms with van der Waals surface area (Å²) < 4.78 is 149. The molecule has 5 aliphatic rings. The Morgan fingerprint density at radius 3 is 1.02 bits per heavy atom. The summed E-state index contributed by atoms with van der Waals surface area (Å²) in [4.78, 5) is 130. The molecule has 27 nitrogen and oxygen atoms in total. The zero-order valence-electron chi connectivity index (χ0n) is 68.2. The number of carbonyl (C=O) groups excluding carboxylic acids is 8. The number of amides is 6. The van der Waals surface area contributed by atoms with Crippen LogP contribution in [-0.4, -0.2) is 168 Å². The van der Waals surface area contributed by atoms with E-state index in [1.807, 2.05) is 20.8 Å². The van der Waals surface area contributed by atoms with Gasteiger partial charge in [-0.05, 0) is 195 Å². The predicted molar refractivity (Wildman–Crippen MR) is 437 cm³/mol. The molecule has 8 heterocycles. The largest absolute Gasteiger partial charge is 0.480 e. The van der Waals surface area contributed by atoms with Crippen LogP contribution in [0.15, 0.2) is 159 Å². The number of likely N-dealkylation sites (tertiary alicyclic amines) is 2. The summed E-state index contributed by atoms with van der Waals surface area (Å²) in [6, 6.07) is 37.7. The lowest BCUT2D eigenvalue weighted by atomic mass is 10.0. The van der Waals surface area contributed by atoms with Crippen LogP contribution in [0.4, 0.5) is 74.6 Å². The first-order valence-corrected chi connectivity index (χ1v) is 40.5. The van der Waals surface area contributed by atoms with Crippen LogP contribution in [-0.2, 0) is 42.4 Å². The molecule has 3 unspecified atom stereocenters. The Kier molecular flexibility index (Phi) is 28.7. The number of piperidine rings is 3. The van der Waals surface area contributed by atoms with E-state index in [0.717, 1.165) is 78.3 Å². The monoisotopic (exact) mass is 1730 g/mol. The molecule has 5 saturated heterocycles. The molecule has 0 saturated carbocycles. The number of carboxylic acid groups (broad SMARTS) is 1. The smallest absolute Gasteiger partial charge is 0.437 e. The van der Waals surface area contributed by atoms with Crippen LogP contribution in [0.5, 0.6) is 0 Å². The van der Waals surface area contributed by atoms with Gasteiger partial charge in [-0.15, -0.1) is 0 Å². The highest BCUT2D eigenvalue weighted by molar-refractivity contribution is 6.06. The van der Waals surface area contributed by atoms with Gasteiger partial charge < -0.3 is 73.6 Å². The first-order chi connectivity index (χ1) is 59.1. The van der Waals surface area contributed by atoms with Gasteiger partial charge in [0.1, 0.15) is 12.1 Å². The molecule has 5 N–H and O–H groups in total. The highest BCUT2D eigenvalue weighted by Crippen LogP contribution is 2.40. The summed E-state index contributed by atoms with van der Waals surface area (Å²) in [5.41, 5.74) is 2.53. The molecular weight excluding hydrogens is 1640 g/mol. The van der Waals surface area contributed by atoms with E-state index in [0.29, 0.717) is 88.3 Å². The van der Waals surface area contributed by atoms with Gasteiger partial charge in [0.15, 0.2) is 17.1 Å². The number of halogens is 9. The fourth-order valence-corrected chi connectivity index (χ4v) is 15.3. The Labute approximate surface area is 706 Å². The second-order valence-electron chi connectivity index (χ2n) is 30.9. The Bertz CT molecular complexity index is 5290. The molecule has 5 fully saturated rings. The molecular formula is C88H91F9N12O15. The molecule has 0 spiro atoms. The summed E-state index contributed by atoms with van der Waals surface area (Å²) in [5.74, 6) is -7.76. The number of benzene rings is 6. The molecule has 6 amide bonds. The van der Waals surface area contributed by atoms with Crippen molar-refractivity contribution in [2.75, 3.05) is 103 Å². The third-order valence-electron chi connectivity index (χ3n) is 21.6. The van der Waals surface area contributed by atoms with Gasteiger partial charge in [0.25, 0.3) is 53.5 Å². The number of nitrogens with one attached hydrogen (secondary N) is 4. The number of esters is 2. The molecule has 3 aromatic heterocycles. The Balaban J connectivity index is 0.000000170. The molecule has 9 aromatic rings. The number of alkyl halides is 9. The fraction of sp³-hybridized carbons (Fsp3) is 0.386. The number of nitrogens with zero attached hydrogens (tertiary/aromatic N) is 8. The number of aliphatic carboxylic acids is 1. The molecule has 0 aliphatic carbocycles. The number of hydrogen-bond donors (Lipinski definition) is 5. The maximum absolute atomic E-state index is 13.7. The number of methoxy groups -OCH3 is 1. The predicted octanol–water partition coefficient (Wildman–Crippen LogP) is 16.7. The summed E-state index contributed by atoms with van der Waals surface area (Å²) in [5, 5.41) is 19.4.